The molecule has 0 spiro atoms. The largest absolute Gasteiger partial charge is 0.433 e. The molecular formula is C17H20F3N7. The van der Waals surface area contributed by atoms with Crippen LogP contribution in [0.4, 0.5) is 19.1 Å². The zero-order chi connectivity index (χ0) is 19.8. The molecule has 1 atom stereocenters. The van der Waals surface area contributed by atoms with Crippen molar-refractivity contribution in [1.29, 1.82) is 0 Å². The molecule has 0 aliphatic carbocycles. The summed E-state index contributed by atoms with van der Waals surface area (Å²) in [5, 5.41) is 11.2. The molecule has 3 rings (SSSR count). The van der Waals surface area contributed by atoms with Crippen molar-refractivity contribution in [3.8, 4) is 11.3 Å². The second kappa shape index (κ2) is 7.01. The van der Waals surface area contributed by atoms with E-state index in [1.54, 1.807) is 17.9 Å². The first-order chi connectivity index (χ1) is 12.6. The molecule has 1 N–H and O–H groups in total. The summed E-state index contributed by atoms with van der Waals surface area (Å²) in [7, 11) is 3.51. The van der Waals surface area contributed by atoms with Crippen LogP contribution in [-0.4, -0.2) is 35.6 Å². The van der Waals surface area contributed by atoms with Gasteiger partial charge in [-0.25, -0.2) is 9.97 Å². The Morgan fingerprint density at radius 2 is 1.89 bits per heavy atom. The summed E-state index contributed by atoms with van der Waals surface area (Å²) >= 11 is 0. The SMILES string of the molecule is Cc1nn(C)cc1C[C@H](C)Nc1nc(-c2cnn(C)c2)cc(C(F)(F)F)n1. The van der Waals surface area contributed by atoms with Gasteiger partial charge in [-0.05, 0) is 31.9 Å². The lowest BCUT2D eigenvalue weighted by Gasteiger charge is -2.16. The number of anilines is 1. The number of aryl methyl sites for hydroxylation is 3. The fraction of sp³-hybridized carbons (Fsp3) is 0.412. The zero-order valence-electron chi connectivity index (χ0n) is 15.4. The zero-order valence-corrected chi connectivity index (χ0v) is 15.4. The maximum atomic E-state index is 13.3. The number of hydrogen-bond donors (Lipinski definition) is 1. The lowest BCUT2D eigenvalue weighted by Crippen LogP contribution is -2.21. The van der Waals surface area contributed by atoms with E-state index in [9.17, 15) is 13.2 Å². The van der Waals surface area contributed by atoms with Gasteiger partial charge in [0.1, 0.15) is 0 Å². The van der Waals surface area contributed by atoms with Crippen molar-refractivity contribution in [3.05, 3.63) is 41.6 Å². The van der Waals surface area contributed by atoms with Gasteiger partial charge in [-0.2, -0.15) is 23.4 Å². The van der Waals surface area contributed by atoms with E-state index in [2.05, 4.69) is 25.5 Å². The van der Waals surface area contributed by atoms with E-state index in [1.165, 1.54) is 10.9 Å². The number of aromatic nitrogens is 6. The van der Waals surface area contributed by atoms with Crippen molar-refractivity contribution in [1.82, 2.24) is 29.5 Å². The number of halogens is 3. The summed E-state index contributed by atoms with van der Waals surface area (Å²) in [6.07, 6.45) is 0.978. The number of nitrogens with zero attached hydrogens (tertiary/aromatic N) is 6. The van der Waals surface area contributed by atoms with Crippen LogP contribution in [0.25, 0.3) is 11.3 Å². The van der Waals surface area contributed by atoms with Crippen molar-refractivity contribution in [2.45, 2.75) is 32.5 Å². The normalized spacial score (nSPS) is 13.0. The standard InChI is InChI=1S/C17H20F3N7/c1-10(5-12-8-27(4)25-11(12)2)22-16-23-14(13-7-21-26(3)9-13)6-15(24-16)17(18,19)20/h6-10H,5H2,1-4H3,(H,22,23,24)/t10-/m0/s1. The third kappa shape index (κ3) is 4.44. The molecule has 0 aliphatic rings. The topological polar surface area (TPSA) is 73.5 Å². The molecule has 0 bridgehead atoms. The Labute approximate surface area is 154 Å². The Hall–Kier alpha value is -2.91. The van der Waals surface area contributed by atoms with Crippen LogP contribution < -0.4 is 5.32 Å². The van der Waals surface area contributed by atoms with E-state index in [0.29, 0.717) is 12.0 Å². The van der Waals surface area contributed by atoms with Crippen molar-refractivity contribution >= 4 is 5.95 Å². The van der Waals surface area contributed by atoms with Gasteiger partial charge in [-0.1, -0.05) is 0 Å². The van der Waals surface area contributed by atoms with Crippen LogP contribution in [0.2, 0.25) is 0 Å². The van der Waals surface area contributed by atoms with Crippen LogP contribution >= 0.6 is 0 Å². The number of alkyl halides is 3. The molecular weight excluding hydrogens is 359 g/mol. The predicted octanol–water partition coefficient (Wildman–Crippen LogP) is 2.98. The van der Waals surface area contributed by atoms with Gasteiger partial charge in [-0.15, -0.1) is 0 Å². The lowest BCUT2D eigenvalue weighted by molar-refractivity contribution is -0.141. The minimum atomic E-state index is -4.57. The molecule has 0 aliphatic heterocycles. The Kier molecular flexibility index (Phi) is 4.90. The minimum Gasteiger partial charge on any atom is -0.351 e. The maximum absolute atomic E-state index is 13.3. The highest BCUT2D eigenvalue weighted by Gasteiger charge is 2.34. The first-order valence-corrected chi connectivity index (χ1v) is 8.33. The molecule has 0 unspecified atom stereocenters. The van der Waals surface area contributed by atoms with Gasteiger partial charge in [-0.3, -0.25) is 9.36 Å². The van der Waals surface area contributed by atoms with E-state index in [1.807, 2.05) is 27.1 Å². The van der Waals surface area contributed by atoms with Crippen molar-refractivity contribution in [2.75, 3.05) is 5.32 Å². The van der Waals surface area contributed by atoms with Crippen molar-refractivity contribution in [3.63, 3.8) is 0 Å². The van der Waals surface area contributed by atoms with E-state index < -0.39 is 11.9 Å². The van der Waals surface area contributed by atoms with Crippen LogP contribution in [0, 0.1) is 6.92 Å². The third-order valence-corrected chi connectivity index (χ3v) is 4.03. The summed E-state index contributed by atoms with van der Waals surface area (Å²) in [5.74, 6) is -0.0716. The molecule has 144 valence electrons. The van der Waals surface area contributed by atoms with E-state index in [-0.39, 0.29) is 17.7 Å². The van der Waals surface area contributed by atoms with Crippen LogP contribution in [0.1, 0.15) is 23.9 Å². The first kappa shape index (κ1) is 18.9. The van der Waals surface area contributed by atoms with Crippen LogP contribution in [0.3, 0.4) is 0 Å². The highest BCUT2D eigenvalue weighted by molar-refractivity contribution is 5.59. The van der Waals surface area contributed by atoms with Gasteiger partial charge in [0.25, 0.3) is 0 Å². The monoisotopic (exact) mass is 379 g/mol. The quantitative estimate of drug-likeness (QED) is 0.738. The second-order valence-corrected chi connectivity index (χ2v) is 6.53. The van der Waals surface area contributed by atoms with Gasteiger partial charge >= 0.3 is 6.18 Å². The molecule has 0 saturated heterocycles. The lowest BCUT2D eigenvalue weighted by atomic mass is 10.1. The maximum Gasteiger partial charge on any atom is 0.433 e. The average molecular weight is 379 g/mol. The smallest absolute Gasteiger partial charge is 0.351 e. The first-order valence-electron chi connectivity index (χ1n) is 8.33. The fourth-order valence-electron chi connectivity index (χ4n) is 2.81. The van der Waals surface area contributed by atoms with E-state index >= 15 is 0 Å². The Bertz CT molecular complexity index is 942. The summed E-state index contributed by atoms with van der Waals surface area (Å²) in [6, 6.07) is 0.746. The summed E-state index contributed by atoms with van der Waals surface area (Å²) in [6.45, 7) is 3.75. The molecule has 0 radical (unpaired) electrons. The predicted molar refractivity (Wildman–Crippen MR) is 94.0 cm³/mol. The number of hydrogen-bond acceptors (Lipinski definition) is 5. The molecule has 10 heteroatoms. The van der Waals surface area contributed by atoms with Gasteiger partial charge in [0.2, 0.25) is 5.95 Å². The van der Waals surface area contributed by atoms with E-state index in [0.717, 1.165) is 17.3 Å². The number of rotatable bonds is 5. The van der Waals surface area contributed by atoms with Gasteiger partial charge < -0.3 is 5.32 Å². The molecule has 3 aromatic rings. The molecule has 0 fully saturated rings. The Morgan fingerprint density at radius 3 is 2.44 bits per heavy atom. The highest BCUT2D eigenvalue weighted by Crippen LogP contribution is 2.31. The molecule has 3 heterocycles. The van der Waals surface area contributed by atoms with Gasteiger partial charge in [0.05, 0.1) is 17.6 Å². The summed E-state index contributed by atoms with van der Waals surface area (Å²) < 4.78 is 43.0. The van der Waals surface area contributed by atoms with Gasteiger partial charge in [0, 0.05) is 38.1 Å². The molecule has 0 saturated carbocycles. The molecule has 7 nitrogen and oxygen atoms in total. The van der Waals surface area contributed by atoms with E-state index in [4.69, 9.17) is 0 Å². The van der Waals surface area contributed by atoms with Crippen LogP contribution in [0.5, 0.6) is 0 Å². The highest BCUT2D eigenvalue weighted by atomic mass is 19.4. The van der Waals surface area contributed by atoms with Crippen LogP contribution in [0.15, 0.2) is 24.7 Å². The number of nitrogens with one attached hydrogen (secondary N) is 1. The second-order valence-electron chi connectivity index (χ2n) is 6.53. The molecule has 0 aromatic carbocycles. The third-order valence-electron chi connectivity index (χ3n) is 4.03. The van der Waals surface area contributed by atoms with Gasteiger partial charge in [0.15, 0.2) is 5.69 Å². The fourth-order valence-corrected chi connectivity index (χ4v) is 2.81. The molecule has 3 aromatic heterocycles. The molecule has 0 amide bonds. The summed E-state index contributed by atoms with van der Waals surface area (Å²) in [5.41, 5.74) is 1.55. The van der Waals surface area contributed by atoms with Crippen molar-refractivity contribution < 1.29 is 13.2 Å². The Balaban J connectivity index is 1.88. The minimum absolute atomic E-state index is 0.0716. The Morgan fingerprint density at radius 1 is 1.15 bits per heavy atom. The summed E-state index contributed by atoms with van der Waals surface area (Å²) in [4.78, 5) is 7.89. The van der Waals surface area contributed by atoms with Crippen LogP contribution in [-0.2, 0) is 26.7 Å². The average Bonchev–Trinajstić information content (AvgIpc) is 3.11. The molecule has 27 heavy (non-hydrogen) atoms. The van der Waals surface area contributed by atoms with Crippen molar-refractivity contribution in [2.24, 2.45) is 14.1 Å².